The van der Waals surface area contributed by atoms with Gasteiger partial charge in [-0.05, 0) is 32.2 Å². The van der Waals surface area contributed by atoms with Gasteiger partial charge >= 0.3 is 0 Å². The van der Waals surface area contributed by atoms with Crippen molar-refractivity contribution < 1.29 is 0 Å². The minimum absolute atomic E-state index is 0.496. The summed E-state index contributed by atoms with van der Waals surface area (Å²) in [5, 5.41) is 3.89. The summed E-state index contributed by atoms with van der Waals surface area (Å²) in [6.07, 6.45) is 12.6. The number of hydrogen-bond donors (Lipinski definition) is 1. The molecule has 0 amide bonds. The summed E-state index contributed by atoms with van der Waals surface area (Å²) in [5.41, 5.74) is 0.496. The van der Waals surface area contributed by atoms with Crippen LogP contribution < -0.4 is 5.32 Å². The molecule has 1 atom stereocenters. The summed E-state index contributed by atoms with van der Waals surface area (Å²) in [5.74, 6) is 0. The van der Waals surface area contributed by atoms with E-state index in [-0.39, 0.29) is 0 Å². The third-order valence-corrected chi connectivity index (χ3v) is 5.07. The Morgan fingerprint density at radius 3 is 2.56 bits per heavy atom. The van der Waals surface area contributed by atoms with Crippen LogP contribution in [-0.2, 0) is 0 Å². The summed E-state index contributed by atoms with van der Waals surface area (Å²) in [4.78, 5) is 2.80. The van der Waals surface area contributed by atoms with Gasteiger partial charge in [-0.1, -0.05) is 46.0 Å². The highest BCUT2D eigenvalue weighted by molar-refractivity contribution is 5.00. The highest BCUT2D eigenvalue weighted by Gasteiger charge is 2.40. The molecule has 0 aromatic carbocycles. The first-order chi connectivity index (χ1) is 8.79. The Bertz CT molecular complexity index is 233. The molecule has 1 aliphatic heterocycles. The van der Waals surface area contributed by atoms with Crippen molar-refractivity contribution in [1.29, 1.82) is 0 Å². The molecule has 0 aromatic heterocycles. The largest absolute Gasteiger partial charge is 0.308 e. The van der Waals surface area contributed by atoms with Crippen LogP contribution in [0, 0.1) is 0 Å². The highest BCUT2D eigenvalue weighted by Crippen LogP contribution is 2.33. The van der Waals surface area contributed by atoms with Crippen molar-refractivity contribution in [3.8, 4) is 0 Å². The molecule has 1 saturated heterocycles. The molecule has 1 aliphatic carbocycles. The third kappa shape index (κ3) is 3.48. The van der Waals surface area contributed by atoms with Gasteiger partial charge in [-0.25, -0.2) is 0 Å². The Balaban J connectivity index is 1.83. The molecule has 2 heteroatoms. The molecule has 0 radical (unpaired) electrons. The van der Waals surface area contributed by atoms with Gasteiger partial charge in [0.25, 0.3) is 0 Å². The number of nitrogens with zero attached hydrogens (tertiary/aromatic N) is 1. The zero-order valence-electron chi connectivity index (χ0n) is 12.5. The lowest BCUT2D eigenvalue weighted by atomic mass is 9.91. The molecule has 18 heavy (non-hydrogen) atoms. The normalized spacial score (nSPS) is 28.0. The Morgan fingerprint density at radius 2 is 1.89 bits per heavy atom. The molecule has 2 aliphatic rings. The predicted molar refractivity (Wildman–Crippen MR) is 79.0 cm³/mol. The van der Waals surface area contributed by atoms with E-state index in [9.17, 15) is 0 Å². The zero-order valence-corrected chi connectivity index (χ0v) is 12.5. The lowest BCUT2D eigenvalue weighted by Gasteiger charge is -2.46. The van der Waals surface area contributed by atoms with Crippen molar-refractivity contribution >= 4 is 0 Å². The first kappa shape index (κ1) is 14.3. The van der Waals surface area contributed by atoms with Crippen LogP contribution in [0.2, 0.25) is 0 Å². The first-order valence-electron chi connectivity index (χ1n) is 8.29. The fourth-order valence-electron chi connectivity index (χ4n) is 3.83. The van der Waals surface area contributed by atoms with Crippen LogP contribution in [0.5, 0.6) is 0 Å². The molecular formula is C16H32N2. The fourth-order valence-corrected chi connectivity index (χ4v) is 3.83. The topological polar surface area (TPSA) is 15.3 Å². The summed E-state index contributed by atoms with van der Waals surface area (Å²) < 4.78 is 0. The third-order valence-electron chi connectivity index (χ3n) is 5.07. The van der Waals surface area contributed by atoms with E-state index in [4.69, 9.17) is 0 Å². The standard InChI is InChI=1S/C16H32N2/c1-3-5-6-9-12-18-14-16(10-7-8-11-16)17-13-15(18)4-2/h15,17H,3-14H2,1-2H3. The van der Waals surface area contributed by atoms with Gasteiger partial charge in [-0.15, -0.1) is 0 Å². The molecule has 1 N–H and O–H groups in total. The molecule has 106 valence electrons. The average molecular weight is 252 g/mol. The summed E-state index contributed by atoms with van der Waals surface area (Å²) in [6, 6.07) is 0.790. The van der Waals surface area contributed by atoms with E-state index in [0.717, 1.165) is 6.04 Å². The van der Waals surface area contributed by atoms with Gasteiger partial charge in [-0.2, -0.15) is 0 Å². The Morgan fingerprint density at radius 1 is 1.11 bits per heavy atom. The van der Waals surface area contributed by atoms with Crippen molar-refractivity contribution in [1.82, 2.24) is 10.2 Å². The number of unbranched alkanes of at least 4 members (excludes halogenated alkanes) is 3. The van der Waals surface area contributed by atoms with E-state index in [1.165, 1.54) is 77.4 Å². The van der Waals surface area contributed by atoms with Crippen molar-refractivity contribution in [3.63, 3.8) is 0 Å². The van der Waals surface area contributed by atoms with Crippen LogP contribution in [-0.4, -0.2) is 36.1 Å². The van der Waals surface area contributed by atoms with Crippen molar-refractivity contribution in [2.24, 2.45) is 0 Å². The van der Waals surface area contributed by atoms with Crippen molar-refractivity contribution in [2.75, 3.05) is 19.6 Å². The van der Waals surface area contributed by atoms with Crippen molar-refractivity contribution in [2.45, 2.75) is 83.2 Å². The number of nitrogens with one attached hydrogen (secondary N) is 1. The minimum Gasteiger partial charge on any atom is -0.308 e. The van der Waals surface area contributed by atoms with Crippen LogP contribution in [0.15, 0.2) is 0 Å². The molecule has 0 bridgehead atoms. The number of rotatable bonds is 6. The highest BCUT2D eigenvalue weighted by atomic mass is 15.3. The lowest BCUT2D eigenvalue weighted by molar-refractivity contribution is 0.0767. The Hall–Kier alpha value is -0.0800. The van der Waals surface area contributed by atoms with E-state index in [1.807, 2.05) is 0 Å². The Kier molecular flexibility index (Phi) is 5.50. The second-order valence-corrected chi connectivity index (χ2v) is 6.46. The van der Waals surface area contributed by atoms with E-state index in [2.05, 4.69) is 24.1 Å². The smallest absolute Gasteiger partial charge is 0.0309 e. The molecular weight excluding hydrogens is 220 g/mol. The second kappa shape index (κ2) is 6.91. The van der Waals surface area contributed by atoms with Crippen LogP contribution in [0.1, 0.15) is 71.6 Å². The van der Waals surface area contributed by atoms with Gasteiger partial charge in [0.15, 0.2) is 0 Å². The molecule has 1 heterocycles. The molecule has 1 saturated carbocycles. The monoisotopic (exact) mass is 252 g/mol. The van der Waals surface area contributed by atoms with E-state index >= 15 is 0 Å². The quantitative estimate of drug-likeness (QED) is 0.727. The first-order valence-corrected chi connectivity index (χ1v) is 8.29. The summed E-state index contributed by atoms with van der Waals surface area (Å²) >= 11 is 0. The van der Waals surface area contributed by atoms with Crippen LogP contribution in [0.3, 0.4) is 0 Å². The second-order valence-electron chi connectivity index (χ2n) is 6.46. The molecule has 0 aromatic rings. The lowest BCUT2D eigenvalue weighted by Crippen LogP contribution is -2.63. The van der Waals surface area contributed by atoms with Crippen LogP contribution >= 0.6 is 0 Å². The molecule has 2 rings (SSSR count). The zero-order chi connectivity index (χ0) is 12.8. The average Bonchev–Trinajstić information content (AvgIpc) is 2.83. The SMILES string of the molecule is CCCCCCN1CC2(CCCC2)NCC1CC. The van der Waals surface area contributed by atoms with Gasteiger partial charge in [0.1, 0.15) is 0 Å². The fraction of sp³-hybridized carbons (Fsp3) is 1.00. The summed E-state index contributed by atoms with van der Waals surface area (Å²) in [7, 11) is 0. The van der Waals surface area contributed by atoms with Crippen LogP contribution in [0.25, 0.3) is 0 Å². The molecule has 1 unspecified atom stereocenters. The van der Waals surface area contributed by atoms with Gasteiger partial charge < -0.3 is 5.32 Å². The predicted octanol–water partition coefficient (Wildman–Crippen LogP) is 3.56. The van der Waals surface area contributed by atoms with Gasteiger partial charge in [0, 0.05) is 24.7 Å². The van der Waals surface area contributed by atoms with Crippen molar-refractivity contribution in [3.05, 3.63) is 0 Å². The summed E-state index contributed by atoms with van der Waals surface area (Å²) in [6.45, 7) is 8.52. The maximum absolute atomic E-state index is 3.89. The van der Waals surface area contributed by atoms with E-state index in [0.29, 0.717) is 5.54 Å². The van der Waals surface area contributed by atoms with Gasteiger partial charge in [0.2, 0.25) is 0 Å². The van der Waals surface area contributed by atoms with E-state index in [1.54, 1.807) is 0 Å². The maximum Gasteiger partial charge on any atom is 0.0309 e. The number of piperazine rings is 1. The minimum atomic E-state index is 0.496. The molecule has 2 nitrogen and oxygen atoms in total. The molecule has 2 fully saturated rings. The van der Waals surface area contributed by atoms with E-state index < -0.39 is 0 Å². The van der Waals surface area contributed by atoms with Gasteiger partial charge in [0.05, 0.1) is 0 Å². The van der Waals surface area contributed by atoms with Gasteiger partial charge in [-0.3, -0.25) is 4.90 Å². The van der Waals surface area contributed by atoms with Crippen LogP contribution in [0.4, 0.5) is 0 Å². The Labute approximate surface area is 114 Å². The maximum atomic E-state index is 3.89. The molecule has 1 spiro atoms. The number of hydrogen-bond acceptors (Lipinski definition) is 2.